The third-order valence-electron chi connectivity index (χ3n) is 4.67. The van der Waals surface area contributed by atoms with E-state index in [-0.39, 0.29) is 17.3 Å². The van der Waals surface area contributed by atoms with Crippen molar-refractivity contribution >= 4 is 5.91 Å². The molecule has 0 N–H and O–H groups in total. The summed E-state index contributed by atoms with van der Waals surface area (Å²) in [5, 5.41) is 0. The van der Waals surface area contributed by atoms with Crippen molar-refractivity contribution in [1.29, 1.82) is 0 Å². The van der Waals surface area contributed by atoms with Crippen LogP contribution in [0.4, 0.5) is 4.39 Å². The molecule has 1 aliphatic rings. The lowest BCUT2D eigenvalue weighted by molar-refractivity contribution is 0.0786. The summed E-state index contributed by atoms with van der Waals surface area (Å²) in [5.41, 5.74) is 2.01. The molecule has 2 aromatic rings. The van der Waals surface area contributed by atoms with E-state index in [1.807, 2.05) is 12.1 Å². The highest BCUT2D eigenvalue weighted by Gasteiger charge is 2.27. The fourth-order valence-corrected chi connectivity index (χ4v) is 3.21. The number of nitrogens with zero attached hydrogens (tertiary/aromatic N) is 2. The summed E-state index contributed by atoms with van der Waals surface area (Å²) in [6.45, 7) is 3.13. The van der Waals surface area contributed by atoms with E-state index in [0.29, 0.717) is 30.1 Å². The van der Waals surface area contributed by atoms with Gasteiger partial charge in [0.1, 0.15) is 5.82 Å². The SMILES string of the molecule is Cc1cc(CC2CCN(C(=O)c3ccn(C)c(=O)c3)C2)ccc1F. The Balaban J connectivity index is 1.66. The van der Waals surface area contributed by atoms with Gasteiger partial charge in [0.05, 0.1) is 0 Å². The fraction of sp³-hybridized carbons (Fsp3) is 0.368. The zero-order chi connectivity index (χ0) is 17.3. The summed E-state index contributed by atoms with van der Waals surface area (Å²) >= 11 is 0. The van der Waals surface area contributed by atoms with Crippen LogP contribution in [0.25, 0.3) is 0 Å². The van der Waals surface area contributed by atoms with E-state index in [0.717, 1.165) is 18.4 Å². The second kappa shape index (κ2) is 6.59. The molecule has 1 saturated heterocycles. The molecule has 0 saturated carbocycles. The Morgan fingerprint density at radius 3 is 2.79 bits per heavy atom. The fourth-order valence-electron chi connectivity index (χ4n) is 3.21. The number of aryl methyl sites for hydroxylation is 2. The number of amides is 1. The van der Waals surface area contributed by atoms with E-state index in [1.54, 1.807) is 31.1 Å². The molecule has 1 fully saturated rings. The Hall–Kier alpha value is -2.43. The number of pyridine rings is 1. The van der Waals surface area contributed by atoms with Crippen molar-refractivity contribution in [3.63, 3.8) is 0 Å². The highest BCUT2D eigenvalue weighted by atomic mass is 19.1. The van der Waals surface area contributed by atoms with Crippen LogP contribution in [-0.4, -0.2) is 28.5 Å². The highest BCUT2D eigenvalue weighted by Crippen LogP contribution is 2.23. The van der Waals surface area contributed by atoms with Crippen LogP contribution in [-0.2, 0) is 13.5 Å². The minimum absolute atomic E-state index is 0.0921. The molecule has 1 atom stereocenters. The molecule has 0 radical (unpaired) electrons. The number of rotatable bonds is 3. The first-order valence-electron chi connectivity index (χ1n) is 8.15. The summed E-state index contributed by atoms with van der Waals surface area (Å²) in [6, 6.07) is 8.26. The maximum atomic E-state index is 13.3. The molecule has 24 heavy (non-hydrogen) atoms. The third-order valence-corrected chi connectivity index (χ3v) is 4.67. The molecule has 1 aromatic carbocycles. The number of carbonyl (C=O) groups is 1. The van der Waals surface area contributed by atoms with E-state index >= 15 is 0 Å². The molecule has 0 bridgehead atoms. The van der Waals surface area contributed by atoms with Crippen molar-refractivity contribution in [2.45, 2.75) is 19.8 Å². The number of likely N-dealkylation sites (tertiary alicyclic amines) is 1. The molecular formula is C19H21FN2O2. The first kappa shape index (κ1) is 16.4. The van der Waals surface area contributed by atoms with Gasteiger partial charge in [-0.3, -0.25) is 9.59 Å². The first-order chi connectivity index (χ1) is 11.4. The predicted octanol–water partition coefficient (Wildman–Crippen LogP) is 2.54. The summed E-state index contributed by atoms with van der Waals surface area (Å²) < 4.78 is 14.8. The van der Waals surface area contributed by atoms with Gasteiger partial charge in [-0.1, -0.05) is 12.1 Å². The van der Waals surface area contributed by atoms with Crippen LogP contribution in [0.15, 0.2) is 41.3 Å². The lowest BCUT2D eigenvalue weighted by Crippen LogP contribution is -2.30. The molecule has 5 heteroatoms. The van der Waals surface area contributed by atoms with Crippen LogP contribution < -0.4 is 5.56 Å². The molecule has 3 rings (SSSR count). The molecule has 1 amide bonds. The van der Waals surface area contributed by atoms with Gasteiger partial charge in [0.2, 0.25) is 0 Å². The quantitative estimate of drug-likeness (QED) is 0.869. The molecule has 1 aliphatic heterocycles. The summed E-state index contributed by atoms with van der Waals surface area (Å²) in [6.07, 6.45) is 3.37. The van der Waals surface area contributed by atoms with E-state index in [2.05, 4.69) is 0 Å². The van der Waals surface area contributed by atoms with Crippen molar-refractivity contribution < 1.29 is 9.18 Å². The normalized spacial score (nSPS) is 17.3. The van der Waals surface area contributed by atoms with Crippen LogP contribution >= 0.6 is 0 Å². The molecule has 0 spiro atoms. The number of aromatic nitrogens is 1. The standard InChI is InChI=1S/C19H21FN2O2/c1-13-9-14(3-4-17(13)20)10-15-5-8-22(12-15)19(24)16-6-7-21(2)18(23)11-16/h3-4,6-7,9,11,15H,5,8,10,12H2,1-2H3. The van der Waals surface area contributed by atoms with Crippen LogP contribution in [0, 0.1) is 18.7 Å². The number of hydrogen-bond acceptors (Lipinski definition) is 2. The Bertz CT molecular complexity index is 828. The van der Waals surface area contributed by atoms with Crippen molar-refractivity contribution in [1.82, 2.24) is 9.47 Å². The molecular weight excluding hydrogens is 307 g/mol. The second-order valence-corrected chi connectivity index (χ2v) is 6.56. The van der Waals surface area contributed by atoms with Crippen molar-refractivity contribution in [2.75, 3.05) is 13.1 Å². The van der Waals surface area contributed by atoms with E-state index < -0.39 is 0 Å². The topological polar surface area (TPSA) is 42.3 Å². The van der Waals surface area contributed by atoms with E-state index in [1.165, 1.54) is 16.7 Å². The molecule has 1 unspecified atom stereocenters. The van der Waals surface area contributed by atoms with Crippen LogP contribution in [0.2, 0.25) is 0 Å². The summed E-state index contributed by atoms with van der Waals surface area (Å²) in [5.74, 6) is 0.0866. The Morgan fingerprint density at radius 2 is 2.08 bits per heavy atom. The van der Waals surface area contributed by atoms with Crippen molar-refractivity contribution in [2.24, 2.45) is 13.0 Å². The van der Waals surface area contributed by atoms with Crippen LogP contribution in [0.1, 0.15) is 27.9 Å². The zero-order valence-corrected chi connectivity index (χ0v) is 14.0. The second-order valence-electron chi connectivity index (χ2n) is 6.56. The van der Waals surface area contributed by atoms with Gasteiger partial charge >= 0.3 is 0 Å². The Kier molecular flexibility index (Phi) is 4.51. The van der Waals surface area contributed by atoms with Gasteiger partial charge in [0, 0.05) is 38.0 Å². The Morgan fingerprint density at radius 1 is 1.29 bits per heavy atom. The maximum absolute atomic E-state index is 13.3. The number of halogens is 1. The smallest absolute Gasteiger partial charge is 0.254 e. The number of carbonyl (C=O) groups excluding carboxylic acids is 1. The highest BCUT2D eigenvalue weighted by molar-refractivity contribution is 5.94. The summed E-state index contributed by atoms with van der Waals surface area (Å²) in [7, 11) is 1.66. The largest absolute Gasteiger partial charge is 0.338 e. The van der Waals surface area contributed by atoms with E-state index in [4.69, 9.17) is 0 Å². The molecule has 1 aromatic heterocycles. The van der Waals surface area contributed by atoms with E-state index in [9.17, 15) is 14.0 Å². The lowest BCUT2D eigenvalue weighted by atomic mass is 9.97. The number of benzene rings is 1. The van der Waals surface area contributed by atoms with Gasteiger partial charge in [-0.15, -0.1) is 0 Å². The maximum Gasteiger partial charge on any atom is 0.254 e. The average molecular weight is 328 g/mol. The third kappa shape index (κ3) is 3.40. The zero-order valence-electron chi connectivity index (χ0n) is 14.0. The van der Waals surface area contributed by atoms with Crippen molar-refractivity contribution in [3.8, 4) is 0 Å². The van der Waals surface area contributed by atoms with Gasteiger partial charge in [0.15, 0.2) is 0 Å². The lowest BCUT2D eigenvalue weighted by Gasteiger charge is -2.17. The van der Waals surface area contributed by atoms with Crippen molar-refractivity contribution in [3.05, 3.63) is 69.4 Å². The molecule has 4 nitrogen and oxygen atoms in total. The average Bonchev–Trinajstić information content (AvgIpc) is 3.01. The van der Waals surface area contributed by atoms with Crippen LogP contribution in [0.3, 0.4) is 0 Å². The molecule has 126 valence electrons. The van der Waals surface area contributed by atoms with Gasteiger partial charge < -0.3 is 9.47 Å². The van der Waals surface area contributed by atoms with Gasteiger partial charge in [-0.05, 0) is 48.9 Å². The first-order valence-corrected chi connectivity index (χ1v) is 8.15. The minimum atomic E-state index is -0.187. The minimum Gasteiger partial charge on any atom is -0.338 e. The Labute approximate surface area is 140 Å². The van der Waals surface area contributed by atoms with Gasteiger partial charge in [-0.2, -0.15) is 0 Å². The van der Waals surface area contributed by atoms with Gasteiger partial charge in [0.25, 0.3) is 11.5 Å². The van der Waals surface area contributed by atoms with Crippen LogP contribution in [0.5, 0.6) is 0 Å². The number of hydrogen-bond donors (Lipinski definition) is 0. The molecule has 2 heterocycles. The monoisotopic (exact) mass is 328 g/mol. The summed E-state index contributed by atoms with van der Waals surface area (Å²) in [4.78, 5) is 26.0. The van der Waals surface area contributed by atoms with Gasteiger partial charge in [-0.25, -0.2) is 4.39 Å². The molecule has 0 aliphatic carbocycles. The predicted molar refractivity (Wildman–Crippen MR) is 90.5 cm³/mol.